The number of fused-ring (bicyclic) bond motifs is 1. The summed E-state index contributed by atoms with van der Waals surface area (Å²) in [6.45, 7) is 6.10. The van der Waals surface area contributed by atoms with E-state index in [1.807, 2.05) is 45.0 Å². The van der Waals surface area contributed by atoms with E-state index in [-0.39, 0.29) is 11.5 Å². The highest BCUT2D eigenvalue weighted by molar-refractivity contribution is 5.66. The molecule has 0 fully saturated rings. The molecule has 1 aromatic carbocycles. The molecule has 4 heteroatoms. The summed E-state index contributed by atoms with van der Waals surface area (Å²) in [6.07, 6.45) is -0.275. The summed E-state index contributed by atoms with van der Waals surface area (Å²) in [5.41, 5.74) is 6.28. The number of hydrogen-bond donors (Lipinski definition) is 1. The molecular weight excluding hydrogens is 242 g/mol. The van der Waals surface area contributed by atoms with E-state index in [4.69, 9.17) is 15.2 Å². The molecule has 0 unspecified atom stereocenters. The molecule has 2 atom stereocenters. The first-order chi connectivity index (χ1) is 8.83. The van der Waals surface area contributed by atoms with Gasteiger partial charge in [0.15, 0.2) is 5.60 Å². The van der Waals surface area contributed by atoms with Gasteiger partial charge < -0.3 is 15.2 Å². The lowest BCUT2D eigenvalue weighted by Crippen LogP contribution is -2.52. The molecule has 0 spiro atoms. The van der Waals surface area contributed by atoms with Gasteiger partial charge >= 0.3 is 6.09 Å². The highest BCUT2D eigenvalue weighted by Crippen LogP contribution is 2.52. The molecule has 0 aromatic heterocycles. The van der Waals surface area contributed by atoms with Crippen molar-refractivity contribution in [2.24, 2.45) is 11.1 Å². The molecule has 4 nitrogen and oxygen atoms in total. The Hall–Kier alpha value is -1.55. The molecule has 0 heterocycles. The number of nitrogens with two attached hydrogens (primary N) is 1. The minimum absolute atomic E-state index is 0.225. The second-order valence-corrected chi connectivity index (χ2v) is 5.99. The third-order valence-corrected chi connectivity index (χ3v) is 3.94. The molecule has 0 radical (unpaired) electrons. The summed E-state index contributed by atoms with van der Waals surface area (Å²) in [6, 6.07) is 7.96. The molecule has 1 aliphatic rings. The van der Waals surface area contributed by atoms with Gasteiger partial charge in [0.05, 0.1) is 0 Å². The van der Waals surface area contributed by atoms with Crippen LogP contribution in [-0.4, -0.2) is 19.3 Å². The van der Waals surface area contributed by atoms with Crippen molar-refractivity contribution in [3.63, 3.8) is 0 Å². The molecule has 0 saturated heterocycles. The van der Waals surface area contributed by atoms with Crippen LogP contribution >= 0.6 is 0 Å². The first-order valence-electron chi connectivity index (χ1n) is 6.42. The van der Waals surface area contributed by atoms with Gasteiger partial charge in [0.2, 0.25) is 0 Å². The molecule has 104 valence electrons. The topological polar surface area (TPSA) is 61.6 Å². The Morgan fingerprint density at radius 3 is 2.53 bits per heavy atom. The van der Waals surface area contributed by atoms with Gasteiger partial charge in [-0.2, -0.15) is 0 Å². The molecule has 0 saturated carbocycles. The van der Waals surface area contributed by atoms with Crippen LogP contribution in [0.5, 0.6) is 0 Å². The molecule has 1 aliphatic carbocycles. The minimum Gasteiger partial charge on any atom is -0.435 e. The second kappa shape index (κ2) is 4.53. The highest BCUT2D eigenvalue weighted by atomic mass is 16.6. The number of benzene rings is 1. The number of hydrogen-bond acceptors (Lipinski definition) is 3. The standard InChI is InChI=1S/C15H21NO3/c1-14(2,3)15(19-13(16)17)11-8-6-5-7-10(11)9-12(15)18-4/h5-8,12H,9H2,1-4H3,(H2,16,17)/t12-,15-/m0/s1. The average Bonchev–Trinajstić information content (AvgIpc) is 2.63. The third kappa shape index (κ3) is 2.00. The van der Waals surface area contributed by atoms with Crippen molar-refractivity contribution in [1.82, 2.24) is 0 Å². The lowest BCUT2D eigenvalue weighted by atomic mass is 9.71. The van der Waals surface area contributed by atoms with Crippen molar-refractivity contribution in [2.75, 3.05) is 7.11 Å². The zero-order valence-electron chi connectivity index (χ0n) is 11.9. The number of carbonyl (C=O) groups excluding carboxylic acids is 1. The Morgan fingerprint density at radius 2 is 2.00 bits per heavy atom. The third-order valence-electron chi connectivity index (χ3n) is 3.94. The Labute approximate surface area is 113 Å². The number of methoxy groups -OCH3 is 1. The highest BCUT2D eigenvalue weighted by Gasteiger charge is 2.57. The lowest BCUT2D eigenvalue weighted by molar-refractivity contribution is -0.150. The summed E-state index contributed by atoms with van der Waals surface area (Å²) < 4.78 is 11.2. The largest absolute Gasteiger partial charge is 0.435 e. The lowest BCUT2D eigenvalue weighted by Gasteiger charge is -2.44. The van der Waals surface area contributed by atoms with E-state index in [1.54, 1.807) is 7.11 Å². The fourth-order valence-electron chi connectivity index (χ4n) is 3.15. The smallest absolute Gasteiger partial charge is 0.405 e. The van der Waals surface area contributed by atoms with Crippen molar-refractivity contribution < 1.29 is 14.3 Å². The van der Waals surface area contributed by atoms with Crippen LogP contribution in [-0.2, 0) is 21.5 Å². The first-order valence-corrected chi connectivity index (χ1v) is 6.42. The van der Waals surface area contributed by atoms with Crippen molar-refractivity contribution in [3.05, 3.63) is 35.4 Å². The SMILES string of the molecule is CO[C@H]1Cc2ccccc2[C@@]1(OC(N)=O)C(C)(C)C. The molecule has 1 aromatic rings. The van der Waals surface area contributed by atoms with Crippen LogP contribution in [0.3, 0.4) is 0 Å². The van der Waals surface area contributed by atoms with Gasteiger partial charge in [0.25, 0.3) is 0 Å². The molecule has 19 heavy (non-hydrogen) atoms. The summed E-state index contributed by atoms with van der Waals surface area (Å²) in [5.74, 6) is 0. The number of rotatable bonds is 2. The Morgan fingerprint density at radius 1 is 1.37 bits per heavy atom. The number of primary amides is 1. The average molecular weight is 263 g/mol. The maximum absolute atomic E-state index is 11.4. The Bertz CT molecular complexity index is 492. The molecule has 0 aliphatic heterocycles. The molecule has 1 amide bonds. The van der Waals surface area contributed by atoms with E-state index in [2.05, 4.69) is 0 Å². The molecule has 0 bridgehead atoms. The van der Waals surface area contributed by atoms with E-state index < -0.39 is 11.7 Å². The van der Waals surface area contributed by atoms with Gasteiger partial charge in [-0.05, 0) is 5.56 Å². The molecule has 2 N–H and O–H groups in total. The normalized spacial score (nSPS) is 26.0. The monoisotopic (exact) mass is 263 g/mol. The maximum atomic E-state index is 11.4. The summed E-state index contributed by atoms with van der Waals surface area (Å²) >= 11 is 0. The van der Waals surface area contributed by atoms with E-state index in [1.165, 1.54) is 0 Å². The van der Waals surface area contributed by atoms with Crippen LogP contribution in [0, 0.1) is 5.41 Å². The maximum Gasteiger partial charge on any atom is 0.405 e. The van der Waals surface area contributed by atoms with E-state index >= 15 is 0 Å². The van der Waals surface area contributed by atoms with Crippen molar-refractivity contribution in [1.29, 1.82) is 0 Å². The van der Waals surface area contributed by atoms with Gasteiger partial charge in [-0.15, -0.1) is 0 Å². The summed E-state index contributed by atoms with van der Waals surface area (Å²) in [7, 11) is 1.64. The Kier molecular flexibility index (Phi) is 3.31. The van der Waals surface area contributed by atoms with E-state index in [9.17, 15) is 4.79 Å². The van der Waals surface area contributed by atoms with Crippen LogP contribution in [0.4, 0.5) is 4.79 Å². The Balaban J connectivity index is 2.65. The predicted molar refractivity (Wildman–Crippen MR) is 72.7 cm³/mol. The van der Waals surface area contributed by atoms with Crippen LogP contribution < -0.4 is 5.73 Å². The van der Waals surface area contributed by atoms with Crippen molar-refractivity contribution >= 4 is 6.09 Å². The minimum atomic E-state index is -0.843. The van der Waals surface area contributed by atoms with E-state index in [0.717, 1.165) is 17.5 Å². The zero-order valence-corrected chi connectivity index (χ0v) is 11.9. The fraction of sp³-hybridized carbons (Fsp3) is 0.533. The van der Waals surface area contributed by atoms with Crippen molar-refractivity contribution in [2.45, 2.75) is 38.9 Å². The number of amides is 1. The van der Waals surface area contributed by atoms with Gasteiger partial charge in [-0.1, -0.05) is 45.0 Å². The summed E-state index contributed by atoms with van der Waals surface area (Å²) in [5, 5.41) is 0. The van der Waals surface area contributed by atoms with Crippen LogP contribution in [0.25, 0.3) is 0 Å². The van der Waals surface area contributed by atoms with Crippen LogP contribution in [0.15, 0.2) is 24.3 Å². The van der Waals surface area contributed by atoms with Gasteiger partial charge in [0, 0.05) is 24.5 Å². The number of ether oxygens (including phenoxy) is 2. The molecule has 2 rings (SSSR count). The van der Waals surface area contributed by atoms with Gasteiger partial charge in [-0.25, -0.2) is 4.79 Å². The van der Waals surface area contributed by atoms with Crippen molar-refractivity contribution in [3.8, 4) is 0 Å². The molecular formula is C15H21NO3. The quantitative estimate of drug-likeness (QED) is 0.892. The second-order valence-electron chi connectivity index (χ2n) is 5.99. The fourth-order valence-corrected chi connectivity index (χ4v) is 3.15. The van der Waals surface area contributed by atoms with Gasteiger partial charge in [-0.3, -0.25) is 0 Å². The predicted octanol–water partition coefficient (Wildman–Crippen LogP) is 2.59. The first kappa shape index (κ1) is 13.9. The zero-order chi connectivity index (χ0) is 14.3. The van der Waals surface area contributed by atoms with Crippen LogP contribution in [0.1, 0.15) is 31.9 Å². The van der Waals surface area contributed by atoms with Gasteiger partial charge in [0.1, 0.15) is 6.10 Å². The van der Waals surface area contributed by atoms with Crippen LogP contribution in [0.2, 0.25) is 0 Å². The summed E-state index contributed by atoms with van der Waals surface area (Å²) in [4.78, 5) is 11.4. The van der Waals surface area contributed by atoms with E-state index in [0.29, 0.717) is 0 Å². The number of carbonyl (C=O) groups is 1.